The summed E-state index contributed by atoms with van der Waals surface area (Å²) in [7, 11) is 0. The summed E-state index contributed by atoms with van der Waals surface area (Å²) in [5.41, 5.74) is 0. The number of hydrogen-bond acceptors (Lipinski definition) is 4. The minimum atomic E-state index is -0.683. The third kappa shape index (κ3) is 6.00. The first-order valence-corrected chi connectivity index (χ1v) is 6.43. The van der Waals surface area contributed by atoms with Crippen molar-refractivity contribution in [3.8, 4) is 5.75 Å². The van der Waals surface area contributed by atoms with E-state index in [1.807, 2.05) is 13.8 Å². The Bertz CT molecular complexity index is 356. The van der Waals surface area contributed by atoms with E-state index in [0.717, 1.165) is 0 Å². The zero-order chi connectivity index (χ0) is 14.3. The van der Waals surface area contributed by atoms with Crippen molar-refractivity contribution < 1.29 is 19.3 Å². The molecule has 0 radical (unpaired) electrons. The molecular weight excluding hydrogens is 249 g/mol. The molecule has 3 N–H and O–H groups in total. The van der Waals surface area contributed by atoms with Gasteiger partial charge in [-0.1, -0.05) is 13.8 Å². The monoisotopic (exact) mass is 271 g/mol. The average Bonchev–Trinajstić information content (AvgIpc) is 2.38. The third-order valence-corrected chi connectivity index (χ3v) is 2.87. The van der Waals surface area contributed by atoms with E-state index in [2.05, 4.69) is 5.32 Å². The molecule has 0 fully saturated rings. The van der Waals surface area contributed by atoms with Gasteiger partial charge < -0.3 is 20.3 Å². The Labute approximate surface area is 113 Å². The Hall–Kier alpha value is -1.17. The van der Waals surface area contributed by atoms with Crippen LogP contribution in [0.15, 0.2) is 24.3 Å². The maximum atomic E-state index is 12.7. The van der Waals surface area contributed by atoms with Gasteiger partial charge in [0.2, 0.25) is 0 Å². The van der Waals surface area contributed by atoms with Crippen LogP contribution in [0.1, 0.15) is 13.8 Å². The molecule has 4 nitrogen and oxygen atoms in total. The number of aliphatic hydroxyl groups is 2. The van der Waals surface area contributed by atoms with Gasteiger partial charge in [0.05, 0.1) is 6.61 Å². The van der Waals surface area contributed by atoms with Gasteiger partial charge in [0.15, 0.2) is 0 Å². The highest BCUT2D eigenvalue weighted by molar-refractivity contribution is 5.22. The molecule has 0 amide bonds. The summed E-state index contributed by atoms with van der Waals surface area (Å²) in [5, 5.41) is 22.0. The van der Waals surface area contributed by atoms with Crippen LogP contribution < -0.4 is 10.1 Å². The Morgan fingerprint density at radius 2 is 1.89 bits per heavy atom. The van der Waals surface area contributed by atoms with Gasteiger partial charge in [-0.2, -0.15) is 0 Å². The number of benzene rings is 1. The second-order valence-electron chi connectivity index (χ2n) is 4.86. The van der Waals surface area contributed by atoms with Gasteiger partial charge in [-0.05, 0) is 30.2 Å². The molecule has 0 saturated carbocycles. The van der Waals surface area contributed by atoms with Crippen LogP contribution in [0.4, 0.5) is 4.39 Å². The fourth-order valence-corrected chi connectivity index (χ4v) is 1.58. The number of nitrogens with one attached hydrogen (secondary N) is 1. The maximum absolute atomic E-state index is 12.7. The Kier molecular flexibility index (Phi) is 6.77. The van der Waals surface area contributed by atoms with Crippen LogP contribution in [-0.4, -0.2) is 42.1 Å². The molecule has 108 valence electrons. The van der Waals surface area contributed by atoms with Crippen molar-refractivity contribution in [3.63, 3.8) is 0 Å². The van der Waals surface area contributed by atoms with Crippen molar-refractivity contribution in [2.75, 3.05) is 19.8 Å². The van der Waals surface area contributed by atoms with Gasteiger partial charge in [0, 0.05) is 12.6 Å². The van der Waals surface area contributed by atoms with Crippen molar-refractivity contribution in [3.05, 3.63) is 30.1 Å². The Balaban J connectivity index is 2.27. The molecule has 0 aliphatic rings. The van der Waals surface area contributed by atoms with Crippen molar-refractivity contribution in [2.45, 2.75) is 26.0 Å². The lowest BCUT2D eigenvalue weighted by molar-refractivity contribution is 0.0961. The van der Waals surface area contributed by atoms with E-state index >= 15 is 0 Å². The van der Waals surface area contributed by atoms with E-state index < -0.39 is 6.10 Å². The number of ether oxygens (including phenoxy) is 1. The normalized spacial score (nSPS) is 14.4. The molecule has 1 unspecified atom stereocenters. The molecule has 0 heterocycles. The van der Waals surface area contributed by atoms with Crippen LogP contribution in [0, 0.1) is 11.7 Å². The summed E-state index contributed by atoms with van der Waals surface area (Å²) >= 11 is 0. The molecule has 0 aliphatic heterocycles. The molecule has 5 heteroatoms. The summed E-state index contributed by atoms with van der Waals surface area (Å²) in [6, 6.07) is 5.60. The van der Waals surface area contributed by atoms with Crippen molar-refractivity contribution in [2.24, 2.45) is 5.92 Å². The summed E-state index contributed by atoms with van der Waals surface area (Å²) in [6.45, 7) is 4.48. The molecule has 0 bridgehead atoms. The van der Waals surface area contributed by atoms with E-state index in [4.69, 9.17) is 9.84 Å². The van der Waals surface area contributed by atoms with Crippen LogP contribution in [0.5, 0.6) is 5.75 Å². The van der Waals surface area contributed by atoms with Crippen LogP contribution in [-0.2, 0) is 0 Å². The zero-order valence-electron chi connectivity index (χ0n) is 11.3. The minimum absolute atomic E-state index is 0.0310. The average molecular weight is 271 g/mol. The first-order valence-electron chi connectivity index (χ1n) is 6.43. The maximum Gasteiger partial charge on any atom is 0.123 e. The summed E-state index contributed by atoms with van der Waals surface area (Å²) in [4.78, 5) is 0. The second-order valence-corrected chi connectivity index (χ2v) is 4.86. The van der Waals surface area contributed by atoms with E-state index in [-0.39, 0.29) is 31.0 Å². The van der Waals surface area contributed by atoms with E-state index in [0.29, 0.717) is 12.3 Å². The van der Waals surface area contributed by atoms with Gasteiger partial charge in [0.1, 0.15) is 24.3 Å². The van der Waals surface area contributed by atoms with E-state index in [9.17, 15) is 9.50 Å². The number of rotatable bonds is 8. The molecule has 1 aromatic rings. The molecule has 0 aromatic heterocycles. The summed E-state index contributed by atoms with van der Waals surface area (Å²) in [5.74, 6) is 0.482. The lowest BCUT2D eigenvalue weighted by atomic mass is 10.1. The quantitative estimate of drug-likeness (QED) is 0.664. The fourth-order valence-electron chi connectivity index (χ4n) is 1.58. The smallest absolute Gasteiger partial charge is 0.123 e. The second kappa shape index (κ2) is 8.09. The molecule has 1 aromatic carbocycles. The first-order chi connectivity index (χ1) is 9.02. The number of hydrogen-bond donors (Lipinski definition) is 3. The lowest BCUT2D eigenvalue weighted by Crippen LogP contribution is -2.42. The van der Waals surface area contributed by atoms with Gasteiger partial charge >= 0.3 is 0 Å². The molecule has 0 spiro atoms. The predicted octanol–water partition coefficient (Wildman–Crippen LogP) is 1.17. The predicted molar refractivity (Wildman–Crippen MR) is 71.6 cm³/mol. The molecule has 2 atom stereocenters. The SMILES string of the molecule is CC(C)[C@@H](CO)NCC(O)COc1ccc(F)cc1. The number of aliphatic hydroxyl groups excluding tert-OH is 2. The summed E-state index contributed by atoms with van der Waals surface area (Å²) < 4.78 is 18.0. The van der Waals surface area contributed by atoms with Gasteiger partial charge in [-0.25, -0.2) is 4.39 Å². The van der Waals surface area contributed by atoms with Gasteiger partial charge in [-0.15, -0.1) is 0 Å². The lowest BCUT2D eigenvalue weighted by Gasteiger charge is -2.22. The highest BCUT2D eigenvalue weighted by atomic mass is 19.1. The van der Waals surface area contributed by atoms with Crippen molar-refractivity contribution >= 4 is 0 Å². The highest BCUT2D eigenvalue weighted by Crippen LogP contribution is 2.11. The van der Waals surface area contributed by atoms with E-state index in [1.54, 1.807) is 0 Å². The van der Waals surface area contributed by atoms with Crippen LogP contribution in [0.2, 0.25) is 0 Å². The molecular formula is C14H22FNO3. The molecule has 0 aliphatic carbocycles. The van der Waals surface area contributed by atoms with Gasteiger partial charge in [0.25, 0.3) is 0 Å². The van der Waals surface area contributed by atoms with Gasteiger partial charge in [-0.3, -0.25) is 0 Å². The zero-order valence-corrected chi connectivity index (χ0v) is 11.3. The topological polar surface area (TPSA) is 61.7 Å². The minimum Gasteiger partial charge on any atom is -0.491 e. The van der Waals surface area contributed by atoms with Crippen molar-refractivity contribution in [1.29, 1.82) is 0 Å². The van der Waals surface area contributed by atoms with Crippen molar-refractivity contribution in [1.82, 2.24) is 5.32 Å². The Morgan fingerprint density at radius 1 is 1.26 bits per heavy atom. The highest BCUT2D eigenvalue weighted by Gasteiger charge is 2.13. The van der Waals surface area contributed by atoms with E-state index in [1.165, 1.54) is 24.3 Å². The third-order valence-electron chi connectivity index (χ3n) is 2.87. The number of halogens is 1. The summed E-state index contributed by atoms with van der Waals surface area (Å²) in [6.07, 6.45) is -0.683. The van der Waals surface area contributed by atoms with Crippen LogP contribution in [0.3, 0.4) is 0 Å². The molecule has 0 saturated heterocycles. The molecule has 19 heavy (non-hydrogen) atoms. The standard InChI is InChI=1S/C14H22FNO3/c1-10(2)14(8-17)16-7-12(18)9-19-13-5-3-11(15)4-6-13/h3-6,10,12,14,16-18H,7-9H2,1-2H3/t12?,14-/m1/s1. The largest absolute Gasteiger partial charge is 0.491 e. The first kappa shape index (κ1) is 15.9. The fraction of sp³-hybridized carbons (Fsp3) is 0.571. The van der Waals surface area contributed by atoms with Crippen LogP contribution >= 0.6 is 0 Å². The van der Waals surface area contributed by atoms with Crippen LogP contribution in [0.25, 0.3) is 0 Å². The Morgan fingerprint density at radius 3 is 2.42 bits per heavy atom. The molecule has 1 rings (SSSR count).